The van der Waals surface area contributed by atoms with Crippen LogP contribution in [-0.4, -0.2) is 6.61 Å². The Labute approximate surface area is 102 Å². The van der Waals surface area contributed by atoms with Crippen molar-refractivity contribution in [1.82, 2.24) is 0 Å². The monoisotopic (exact) mass is 326 g/mol. The van der Waals surface area contributed by atoms with E-state index in [1.54, 1.807) is 22.6 Å². The average Bonchev–Trinajstić information content (AvgIpc) is 2.24. The third-order valence-electron chi connectivity index (χ3n) is 2.01. The molecular formula is C11H13F2IO. The summed E-state index contributed by atoms with van der Waals surface area (Å²) in [5, 5.41) is 0. The predicted octanol–water partition coefficient (Wildman–Crippen LogP) is 4.14. The lowest BCUT2D eigenvalue weighted by Crippen LogP contribution is -2.01. The predicted molar refractivity (Wildman–Crippen MR) is 64.1 cm³/mol. The van der Waals surface area contributed by atoms with E-state index >= 15 is 0 Å². The van der Waals surface area contributed by atoms with E-state index in [4.69, 9.17) is 4.74 Å². The van der Waals surface area contributed by atoms with Crippen LogP contribution in [0.4, 0.5) is 8.78 Å². The molecule has 0 radical (unpaired) electrons. The molecule has 15 heavy (non-hydrogen) atoms. The van der Waals surface area contributed by atoms with Crippen LogP contribution in [0.2, 0.25) is 0 Å². The van der Waals surface area contributed by atoms with Crippen LogP contribution in [0.1, 0.15) is 26.2 Å². The van der Waals surface area contributed by atoms with E-state index in [9.17, 15) is 8.78 Å². The fourth-order valence-corrected chi connectivity index (χ4v) is 1.57. The first-order valence-electron chi connectivity index (χ1n) is 4.93. The van der Waals surface area contributed by atoms with Crippen molar-refractivity contribution in [3.63, 3.8) is 0 Å². The average molecular weight is 326 g/mol. The maximum atomic E-state index is 13.3. The minimum absolute atomic E-state index is 0.00372. The maximum absolute atomic E-state index is 13.3. The fourth-order valence-electron chi connectivity index (χ4n) is 1.15. The van der Waals surface area contributed by atoms with Crippen molar-refractivity contribution in [2.75, 3.05) is 6.61 Å². The highest BCUT2D eigenvalue weighted by molar-refractivity contribution is 14.1. The van der Waals surface area contributed by atoms with E-state index in [1.807, 2.05) is 0 Å². The molecule has 1 aromatic carbocycles. The van der Waals surface area contributed by atoms with Crippen LogP contribution in [0.25, 0.3) is 0 Å². The lowest BCUT2D eigenvalue weighted by molar-refractivity contribution is 0.286. The zero-order valence-corrected chi connectivity index (χ0v) is 10.7. The van der Waals surface area contributed by atoms with Gasteiger partial charge < -0.3 is 4.74 Å². The number of benzene rings is 1. The first-order chi connectivity index (χ1) is 7.16. The summed E-state index contributed by atoms with van der Waals surface area (Å²) < 4.78 is 31.8. The molecule has 0 amide bonds. The molecule has 4 heteroatoms. The molecule has 0 spiro atoms. The lowest BCUT2D eigenvalue weighted by atomic mass is 10.2. The van der Waals surface area contributed by atoms with Crippen molar-refractivity contribution in [2.45, 2.75) is 26.2 Å². The highest BCUT2D eigenvalue weighted by Crippen LogP contribution is 2.23. The molecule has 0 aliphatic rings. The SMILES string of the molecule is CCCCCOc1ccc(I)c(F)c1F. The summed E-state index contributed by atoms with van der Waals surface area (Å²) in [6, 6.07) is 2.97. The summed E-state index contributed by atoms with van der Waals surface area (Å²) in [4.78, 5) is 0. The zero-order chi connectivity index (χ0) is 11.3. The Morgan fingerprint density at radius 2 is 1.93 bits per heavy atom. The molecule has 0 aliphatic heterocycles. The van der Waals surface area contributed by atoms with Crippen LogP contribution in [0, 0.1) is 15.2 Å². The van der Waals surface area contributed by atoms with Gasteiger partial charge in [0.1, 0.15) is 0 Å². The maximum Gasteiger partial charge on any atom is 0.201 e. The Balaban J connectivity index is 2.58. The van der Waals surface area contributed by atoms with Crippen molar-refractivity contribution in [2.24, 2.45) is 0 Å². The molecule has 0 saturated heterocycles. The Morgan fingerprint density at radius 1 is 1.20 bits per heavy atom. The van der Waals surface area contributed by atoms with Crippen molar-refractivity contribution < 1.29 is 13.5 Å². The van der Waals surface area contributed by atoms with Crippen LogP contribution in [-0.2, 0) is 0 Å². The molecule has 0 unspecified atom stereocenters. The summed E-state index contributed by atoms with van der Waals surface area (Å²) in [5.74, 6) is -1.72. The Hall–Kier alpha value is -0.390. The summed E-state index contributed by atoms with van der Waals surface area (Å²) in [7, 11) is 0. The number of rotatable bonds is 5. The smallest absolute Gasteiger partial charge is 0.201 e. The Morgan fingerprint density at radius 3 is 2.60 bits per heavy atom. The van der Waals surface area contributed by atoms with Gasteiger partial charge in [-0.2, -0.15) is 4.39 Å². The van der Waals surface area contributed by atoms with Crippen LogP contribution in [0.15, 0.2) is 12.1 Å². The summed E-state index contributed by atoms with van der Waals surface area (Å²) >= 11 is 1.75. The summed E-state index contributed by atoms with van der Waals surface area (Å²) in [5.41, 5.74) is 0. The van der Waals surface area contributed by atoms with E-state index in [0.29, 0.717) is 6.61 Å². The molecule has 0 aliphatic carbocycles. The highest BCUT2D eigenvalue weighted by Gasteiger charge is 2.12. The first-order valence-corrected chi connectivity index (χ1v) is 6.01. The number of halogens is 3. The van der Waals surface area contributed by atoms with Gasteiger partial charge in [-0.1, -0.05) is 19.8 Å². The van der Waals surface area contributed by atoms with E-state index in [1.165, 1.54) is 12.1 Å². The lowest BCUT2D eigenvalue weighted by Gasteiger charge is -2.07. The molecule has 1 aromatic rings. The summed E-state index contributed by atoms with van der Waals surface area (Å²) in [6.45, 7) is 2.51. The number of hydrogen-bond donors (Lipinski definition) is 0. The molecule has 0 aromatic heterocycles. The molecule has 0 saturated carbocycles. The highest BCUT2D eigenvalue weighted by atomic mass is 127. The third kappa shape index (κ3) is 3.59. The van der Waals surface area contributed by atoms with Gasteiger partial charge in [0, 0.05) is 0 Å². The summed E-state index contributed by atoms with van der Waals surface area (Å²) in [6.07, 6.45) is 2.98. The molecule has 0 heterocycles. The molecule has 0 bridgehead atoms. The molecule has 1 rings (SSSR count). The van der Waals surface area contributed by atoms with Crippen molar-refractivity contribution in [1.29, 1.82) is 0 Å². The third-order valence-corrected chi connectivity index (χ3v) is 2.84. The second-order valence-electron chi connectivity index (χ2n) is 3.23. The molecule has 0 atom stereocenters. The Kier molecular flexibility index (Phi) is 5.28. The van der Waals surface area contributed by atoms with E-state index in [0.717, 1.165) is 19.3 Å². The number of ether oxygens (including phenoxy) is 1. The van der Waals surface area contributed by atoms with Crippen LogP contribution < -0.4 is 4.74 Å². The molecule has 84 valence electrons. The quantitative estimate of drug-likeness (QED) is 0.449. The first kappa shape index (κ1) is 12.7. The van der Waals surface area contributed by atoms with Crippen molar-refractivity contribution >= 4 is 22.6 Å². The largest absolute Gasteiger partial charge is 0.490 e. The van der Waals surface area contributed by atoms with Crippen molar-refractivity contribution in [3.8, 4) is 5.75 Å². The molecule has 0 N–H and O–H groups in total. The minimum Gasteiger partial charge on any atom is -0.490 e. The van der Waals surface area contributed by atoms with Gasteiger partial charge in [0.25, 0.3) is 0 Å². The van der Waals surface area contributed by atoms with Gasteiger partial charge in [-0.15, -0.1) is 0 Å². The van der Waals surface area contributed by atoms with Gasteiger partial charge >= 0.3 is 0 Å². The Bertz CT molecular complexity index is 329. The topological polar surface area (TPSA) is 9.23 Å². The van der Waals surface area contributed by atoms with Crippen LogP contribution in [0.5, 0.6) is 5.75 Å². The minimum atomic E-state index is -0.890. The van der Waals surface area contributed by atoms with Gasteiger partial charge in [-0.05, 0) is 41.1 Å². The van der Waals surface area contributed by atoms with Gasteiger partial charge in [-0.25, -0.2) is 4.39 Å². The van der Waals surface area contributed by atoms with Gasteiger partial charge in [0.05, 0.1) is 10.2 Å². The van der Waals surface area contributed by atoms with Crippen LogP contribution >= 0.6 is 22.6 Å². The van der Waals surface area contributed by atoms with E-state index < -0.39 is 11.6 Å². The van der Waals surface area contributed by atoms with Gasteiger partial charge in [0.15, 0.2) is 11.6 Å². The van der Waals surface area contributed by atoms with Crippen LogP contribution in [0.3, 0.4) is 0 Å². The molecule has 1 nitrogen and oxygen atoms in total. The standard InChI is InChI=1S/C11H13F2IO/c1-2-3-4-7-15-9-6-5-8(14)10(12)11(9)13/h5-6H,2-4,7H2,1H3. The second-order valence-corrected chi connectivity index (χ2v) is 4.39. The molecular weight excluding hydrogens is 313 g/mol. The van der Waals surface area contributed by atoms with Crippen molar-refractivity contribution in [3.05, 3.63) is 27.3 Å². The van der Waals surface area contributed by atoms with Gasteiger partial charge in [0.2, 0.25) is 5.82 Å². The fraction of sp³-hybridized carbons (Fsp3) is 0.455. The molecule has 0 fully saturated rings. The second kappa shape index (κ2) is 6.25. The number of hydrogen-bond acceptors (Lipinski definition) is 1. The zero-order valence-electron chi connectivity index (χ0n) is 8.53. The number of unbranched alkanes of at least 4 members (excludes halogenated alkanes) is 2. The van der Waals surface area contributed by atoms with E-state index in [2.05, 4.69) is 6.92 Å². The van der Waals surface area contributed by atoms with Gasteiger partial charge in [-0.3, -0.25) is 0 Å². The van der Waals surface area contributed by atoms with E-state index in [-0.39, 0.29) is 9.32 Å². The normalized spacial score (nSPS) is 10.4.